The smallest absolute Gasteiger partial charge is 0.416 e. The summed E-state index contributed by atoms with van der Waals surface area (Å²) in [4.78, 5) is 25.6. The lowest BCUT2D eigenvalue weighted by atomic mass is 9.80. The van der Waals surface area contributed by atoms with Gasteiger partial charge in [0.25, 0.3) is 0 Å². The first-order valence-electron chi connectivity index (χ1n) is 12.5. The van der Waals surface area contributed by atoms with Gasteiger partial charge in [0.1, 0.15) is 5.60 Å². The molecule has 0 radical (unpaired) electrons. The van der Waals surface area contributed by atoms with E-state index in [2.05, 4.69) is 22.0 Å². The van der Waals surface area contributed by atoms with Crippen molar-refractivity contribution >= 4 is 23.4 Å². The lowest BCUT2D eigenvalue weighted by Crippen LogP contribution is -2.40. The quantitative estimate of drug-likeness (QED) is 0.391. The van der Waals surface area contributed by atoms with Crippen LogP contribution in [0, 0.1) is 12.8 Å². The number of nitrogens with one attached hydrogen (secondary N) is 3. The summed E-state index contributed by atoms with van der Waals surface area (Å²) in [6.07, 6.45) is 1.14. The van der Waals surface area contributed by atoms with E-state index in [9.17, 15) is 22.8 Å². The van der Waals surface area contributed by atoms with Crippen LogP contribution < -0.4 is 16.0 Å². The van der Waals surface area contributed by atoms with E-state index in [1.165, 1.54) is 19.1 Å². The molecule has 6 nitrogen and oxygen atoms in total. The van der Waals surface area contributed by atoms with Crippen molar-refractivity contribution in [2.24, 2.45) is 5.92 Å². The fourth-order valence-corrected chi connectivity index (χ4v) is 4.71. The van der Waals surface area contributed by atoms with Crippen molar-refractivity contribution in [2.45, 2.75) is 64.8 Å². The van der Waals surface area contributed by atoms with Gasteiger partial charge in [-0.3, -0.25) is 10.1 Å². The summed E-state index contributed by atoms with van der Waals surface area (Å²) in [6.45, 7) is 6.72. The minimum absolute atomic E-state index is 0.0925. The molecule has 2 aromatic rings. The summed E-state index contributed by atoms with van der Waals surface area (Å²) in [6, 6.07) is 10.5. The second-order valence-corrected chi connectivity index (χ2v) is 10.6. The van der Waals surface area contributed by atoms with Gasteiger partial charge < -0.3 is 15.4 Å². The molecule has 0 spiro atoms. The molecule has 9 heteroatoms. The van der Waals surface area contributed by atoms with Crippen molar-refractivity contribution in [2.75, 3.05) is 10.6 Å². The molecule has 0 aromatic heterocycles. The number of rotatable bonds is 4. The molecule has 0 saturated heterocycles. The fourth-order valence-electron chi connectivity index (χ4n) is 4.71. The summed E-state index contributed by atoms with van der Waals surface area (Å²) in [5.41, 5.74) is 2.23. The van der Waals surface area contributed by atoms with Crippen molar-refractivity contribution in [3.8, 4) is 0 Å². The van der Waals surface area contributed by atoms with E-state index < -0.39 is 35.4 Å². The first-order chi connectivity index (χ1) is 17.8. The molecular weight excluding hydrogens is 495 g/mol. The zero-order chi connectivity index (χ0) is 27.7. The van der Waals surface area contributed by atoms with Crippen molar-refractivity contribution in [3.05, 3.63) is 82.6 Å². The molecular formula is C29H32F3N3O3. The standard InChI is InChI=1S/C29H32F3N3O3/c1-17-9-12-21(16-23(17)29(30,31)32)33-26(36)22-15-19-7-5-6-8-24(19)35-25(22)18-10-13-20(14-11-18)34-27(37)38-28(2,3)4/h5,7,9-14,16,22,25,35H,6,8,15H2,1-4H3,(H,33,36)(H,34,37). The van der Waals surface area contributed by atoms with E-state index in [1.807, 2.05) is 18.2 Å². The minimum Gasteiger partial charge on any atom is -0.444 e. The predicted octanol–water partition coefficient (Wildman–Crippen LogP) is 7.25. The topological polar surface area (TPSA) is 79.5 Å². The molecule has 1 heterocycles. The van der Waals surface area contributed by atoms with Crippen molar-refractivity contribution in [3.63, 3.8) is 0 Å². The largest absolute Gasteiger partial charge is 0.444 e. The van der Waals surface area contributed by atoms with Crippen LogP contribution >= 0.6 is 0 Å². The Bertz CT molecular complexity index is 1270. The number of anilines is 2. The maximum atomic E-state index is 13.5. The number of halogens is 3. The Kier molecular flexibility index (Phi) is 7.58. The zero-order valence-electron chi connectivity index (χ0n) is 21.8. The molecule has 38 heavy (non-hydrogen) atoms. The van der Waals surface area contributed by atoms with Gasteiger partial charge in [0.15, 0.2) is 0 Å². The predicted molar refractivity (Wildman–Crippen MR) is 140 cm³/mol. The summed E-state index contributed by atoms with van der Waals surface area (Å²) in [5, 5.41) is 8.90. The number of carbonyl (C=O) groups is 2. The number of hydrogen-bond acceptors (Lipinski definition) is 4. The number of hydrogen-bond donors (Lipinski definition) is 3. The lowest BCUT2D eigenvalue weighted by Gasteiger charge is -2.36. The van der Waals surface area contributed by atoms with Crippen LogP contribution in [-0.2, 0) is 15.7 Å². The lowest BCUT2D eigenvalue weighted by molar-refractivity contribution is -0.138. The van der Waals surface area contributed by atoms with Crippen LogP contribution in [0.25, 0.3) is 0 Å². The Morgan fingerprint density at radius 2 is 1.68 bits per heavy atom. The van der Waals surface area contributed by atoms with Gasteiger partial charge in [0.2, 0.25) is 5.91 Å². The zero-order valence-corrected chi connectivity index (χ0v) is 21.8. The van der Waals surface area contributed by atoms with Crippen LogP contribution in [0.4, 0.5) is 29.3 Å². The van der Waals surface area contributed by atoms with E-state index in [0.717, 1.165) is 35.7 Å². The van der Waals surface area contributed by atoms with Gasteiger partial charge in [-0.25, -0.2) is 4.79 Å². The highest BCUT2D eigenvalue weighted by Crippen LogP contribution is 2.39. The van der Waals surface area contributed by atoms with Crippen LogP contribution in [0.15, 0.2) is 65.9 Å². The highest BCUT2D eigenvalue weighted by Gasteiger charge is 2.36. The highest BCUT2D eigenvalue weighted by molar-refractivity contribution is 5.94. The summed E-state index contributed by atoms with van der Waals surface area (Å²) in [5.74, 6) is -0.947. The molecule has 202 valence electrons. The third-order valence-corrected chi connectivity index (χ3v) is 6.50. The average Bonchev–Trinajstić information content (AvgIpc) is 2.83. The van der Waals surface area contributed by atoms with E-state index in [0.29, 0.717) is 12.1 Å². The van der Waals surface area contributed by atoms with Gasteiger partial charge in [-0.1, -0.05) is 30.4 Å². The van der Waals surface area contributed by atoms with Crippen LogP contribution in [0.3, 0.4) is 0 Å². The van der Waals surface area contributed by atoms with Gasteiger partial charge in [0.05, 0.1) is 17.5 Å². The third-order valence-electron chi connectivity index (χ3n) is 6.50. The Balaban J connectivity index is 1.57. The molecule has 2 unspecified atom stereocenters. The Morgan fingerprint density at radius 3 is 2.34 bits per heavy atom. The summed E-state index contributed by atoms with van der Waals surface area (Å²) >= 11 is 0. The van der Waals surface area contributed by atoms with Crippen molar-refractivity contribution < 1.29 is 27.5 Å². The summed E-state index contributed by atoms with van der Waals surface area (Å²) in [7, 11) is 0. The van der Waals surface area contributed by atoms with E-state index in [4.69, 9.17) is 4.74 Å². The highest BCUT2D eigenvalue weighted by atomic mass is 19.4. The SMILES string of the molecule is Cc1ccc(NC(=O)C2CC3=C(CCC=C3)NC2c2ccc(NC(=O)OC(C)(C)C)cc2)cc1C(F)(F)F. The van der Waals surface area contributed by atoms with Crippen molar-refractivity contribution in [1.82, 2.24) is 5.32 Å². The summed E-state index contributed by atoms with van der Waals surface area (Å²) < 4.78 is 45.5. The third kappa shape index (κ3) is 6.57. The number of ether oxygens (including phenoxy) is 1. The number of amides is 2. The molecule has 0 saturated carbocycles. The number of benzene rings is 2. The Hall–Kier alpha value is -3.75. The average molecular weight is 528 g/mol. The van der Waals surface area contributed by atoms with Crippen LogP contribution in [0.5, 0.6) is 0 Å². The van der Waals surface area contributed by atoms with Gasteiger partial charge in [-0.2, -0.15) is 13.2 Å². The second kappa shape index (κ2) is 10.6. The molecule has 2 aromatic carbocycles. The molecule has 3 N–H and O–H groups in total. The normalized spacial score (nSPS) is 19.3. The first-order valence-corrected chi connectivity index (χ1v) is 12.5. The maximum Gasteiger partial charge on any atom is 0.416 e. The molecule has 0 bridgehead atoms. The van der Waals surface area contributed by atoms with Crippen molar-refractivity contribution in [1.29, 1.82) is 0 Å². The van der Waals surface area contributed by atoms with E-state index in [-0.39, 0.29) is 17.2 Å². The molecule has 2 aliphatic rings. The van der Waals surface area contributed by atoms with E-state index >= 15 is 0 Å². The Labute approximate surface area is 220 Å². The van der Waals surface area contributed by atoms with Gasteiger partial charge in [-0.05, 0) is 87.9 Å². The minimum atomic E-state index is -4.51. The van der Waals surface area contributed by atoms with Crippen LogP contribution in [0.1, 0.15) is 62.8 Å². The molecule has 2 atom stereocenters. The number of allylic oxidation sites excluding steroid dienone is 4. The number of alkyl halides is 3. The molecule has 4 rings (SSSR count). The van der Waals surface area contributed by atoms with Gasteiger partial charge in [-0.15, -0.1) is 0 Å². The number of carbonyl (C=O) groups excluding carboxylic acids is 2. The fraction of sp³-hybridized carbons (Fsp3) is 0.379. The van der Waals surface area contributed by atoms with Crippen LogP contribution in [0.2, 0.25) is 0 Å². The molecule has 2 amide bonds. The maximum absolute atomic E-state index is 13.5. The first kappa shape index (κ1) is 27.3. The molecule has 1 aliphatic heterocycles. The molecule has 1 aliphatic carbocycles. The Morgan fingerprint density at radius 1 is 1.00 bits per heavy atom. The van der Waals surface area contributed by atoms with E-state index in [1.54, 1.807) is 32.9 Å². The number of aryl methyl sites for hydroxylation is 1. The molecule has 0 fully saturated rings. The van der Waals surface area contributed by atoms with Crippen LogP contribution in [-0.4, -0.2) is 17.6 Å². The van der Waals surface area contributed by atoms with Gasteiger partial charge in [0, 0.05) is 17.1 Å². The monoisotopic (exact) mass is 527 g/mol. The second-order valence-electron chi connectivity index (χ2n) is 10.6. The van der Waals surface area contributed by atoms with Gasteiger partial charge >= 0.3 is 12.3 Å².